The van der Waals surface area contributed by atoms with E-state index in [2.05, 4.69) is 31.2 Å². The van der Waals surface area contributed by atoms with Crippen LogP contribution in [0, 0.1) is 25.7 Å². The Kier molecular flexibility index (Phi) is 27.0. The predicted molar refractivity (Wildman–Crippen MR) is 363 cm³/mol. The van der Waals surface area contributed by atoms with Crippen molar-refractivity contribution in [3.63, 3.8) is 0 Å². The summed E-state index contributed by atoms with van der Waals surface area (Å²) in [5.41, 5.74) is 10.9. The second kappa shape index (κ2) is 35.8. The monoisotopic (exact) mass is 1370 g/mol. The van der Waals surface area contributed by atoms with Gasteiger partial charge in [0, 0.05) is 104 Å². The maximum absolute atomic E-state index is 14.7. The molecular formula is C69H82ClN11O17. The van der Waals surface area contributed by atoms with Gasteiger partial charge in [0.1, 0.15) is 30.3 Å². The van der Waals surface area contributed by atoms with Crippen LogP contribution >= 0.6 is 11.6 Å². The van der Waals surface area contributed by atoms with E-state index in [9.17, 15) is 47.9 Å². The summed E-state index contributed by atoms with van der Waals surface area (Å²) in [5.74, 6) is -3.85. The number of alkyl carbamates (subject to hydrolysis) is 1. The molecular weight excluding hydrogens is 1290 g/mol. The lowest BCUT2D eigenvalue weighted by atomic mass is 9.89. The second-order valence-electron chi connectivity index (χ2n) is 23.8. The average molecular weight is 1370 g/mol. The molecule has 8 N–H and O–H groups in total. The van der Waals surface area contributed by atoms with Crippen molar-refractivity contribution in [3.8, 4) is 5.75 Å². The number of nitrogens with two attached hydrogens (primary N) is 1. The topological polar surface area (TPSA) is 362 Å². The Morgan fingerprint density at radius 2 is 1.52 bits per heavy atom. The first-order valence-corrected chi connectivity index (χ1v) is 32.6. The smallest absolute Gasteiger partial charge is 0.415 e. The number of Topliss-reactive ketones (excluding diaryl/α,β-unsaturated/α-hetero) is 1. The van der Waals surface area contributed by atoms with Gasteiger partial charge in [-0.25, -0.2) is 24.2 Å². The number of carbonyl (C=O) groups is 10. The molecule has 6 aromatic rings. The van der Waals surface area contributed by atoms with Crippen molar-refractivity contribution in [1.82, 2.24) is 35.3 Å². The summed E-state index contributed by atoms with van der Waals surface area (Å²) in [6.07, 6.45) is 1.58. The Balaban J connectivity index is 0.882. The molecule has 0 fully saturated rings. The summed E-state index contributed by atoms with van der Waals surface area (Å²) >= 11 is 6.68. The van der Waals surface area contributed by atoms with Gasteiger partial charge < -0.3 is 80.2 Å². The molecule has 0 aliphatic carbocycles. The van der Waals surface area contributed by atoms with Gasteiger partial charge in [-0.3, -0.25) is 33.7 Å². The highest BCUT2D eigenvalue weighted by Gasteiger charge is 2.37. The molecule has 4 heterocycles. The number of benzene rings is 4. The quantitative estimate of drug-likeness (QED) is 0.0116. The Morgan fingerprint density at radius 1 is 0.806 bits per heavy atom. The number of nitrogens with one attached hydrogen (secondary N) is 5. The van der Waals surface area contributed by atoms with Gasteiger partial charge in [-0.2, -0.15) is 0 Å². The number of aromatic amines is 1. The molecule has 0 unspecified atom stereocenters. The number of H-pyrrole nitrogens is 1. The zero-order chi connectivity index (χ0) is 70.4. The number of primary amides is 1. The van der Waals surface area contributed by atoms with Crippen molar-refractivity contribution in [3.05, 3.63) is 137 Å². The van der Waals surface area contributed by atoms with E-state index in [0.29, 0.717) is 44.6 Å². The SMILES string of the molecule is Cc1ccc(C(=O)Nc2cnc3[nH]c(C(=O)N4C[C@@H](CCl)c5c4cc(OC(=O)N(CCOCCOCCO)CCN(C)C(=O)OCc4ccc(NC(=O)[C@H](CCCNC(N)=O)CC(=O)[C@@H](NC(=O)OCCOCCN6C(=O)C=CC6=O)C(C)C)cc4)c4cccc(C)c54)cc3c2)cc1. The Hall–Kier alpha value is -10.0. The van der Waals surface area contributed by atoms with Crippen molar-refractivity contribution in [1.29, 1.82) is 0 Å². The summed E-state index contributed by atoms with van der Waals surface area (Å²) < 4.78 is 33.7. The number of likely N-dealkylation sites (N-methyl/N-ethyl adjacent to an activating group) is 1. The lowest BCUT2D eigenvalue weighted by molar-refractivity contribution is -0.137. The van der Waals surface area contributed by atoms with Crippen LogP contribution in [-0.2, 0) is 49.5 Å². The molecule has 0 saturated carbocycles. The van der Waals surface area contributed by atoms with Crippen LogP contribution in [0.25, 0.3) is 21.8 Å². The zero-order valence-corrected chi connectivity index (χ0v) is 56.0. The van der Waals surface area contributed by atoms with E-state index < -0.39 is 71.6 Å². The molecule has 28 nitrogen and oxygen atoms in total. The molecule has 3 atom stereocenters. The summed E-state index contributed by atoms with van der Waals surface area (Å²) in [6, 6.07) is 22.5. The van der Waals surface area contributed by atoms with Gasteiger partial charge >= 0.3 is 24.3 Å². The number of hydrogen-bond donors (Lipinski definition) is 7. The Bertz CT molecular complexity index is 3870. The van der Waals surface area contributed by atoms with Crippen LogP contribution in [0.5, 0.6) is 5.75 Å². The summed E-state index contributed by atoms with van der Waals surface area (Å²) in [6.45, 7) is 7.58. The number of ketones is 1. The van der Waals surface area contributed by atoms with E-state index in [4.69, 9.17) is 50.9 Å². The number of aliphatic hydroxyl groups is 1. The van der Waals surface area contributed by atoms with Gasteiger partial charge in [0.05, 0.1) is 76.4 Å². The van der Waals surface area contributed by atoms with Crippen molar-refractivity contribution in [2.45, 2.75) is 65.5 Å². The third kappa shape index (κ3) is 20.3. The lowest BCUT2D eigenvalue weighted by Crippen LogP contribution is -2.46. The standard InChI is InChI=1S/C69H82ClN11O17/c1-42(2)61(77-67(90)96-33-32-94-28-25-80-57(84)19-20-58(80)85)55(83)36-47(9-7-21-72-66(71)89)64(87)74-50-17-13-45(14-18-50)41-97-68(91)78(5)22-23-79(24-27-93-30-31-95-29-26-82)69(92)98-56-37-54-60(59-44(4)8-6-10-52(56)59)49(38-70)40-81(54)65(88)53-35-48-34-51(39-73-62(48)76-53)75-63(86)46-15-11-43(3)12-16-46/h6,8,10-20,34-35,37,39,42,47,49,61,82H,7,9,21-33,36,38,40-41H2,1-5H3,(H,73,76)(H,74,87)(H,75,86)(H,77,90)(H3,71,72,89)/t47-,49-,61+/m1/s1. The van der Waals surface area contributed by atoms with E-state index in [-0.39, 0.29) is 147 Å². The van der Waals surface area contributed by atoms with Gasteiger partial charge in [-0.1, -0.05) is 61.9 Å². The number of imide groups is 1. The van der Waals surface area contributed by atoms with E-state index in [1.54, 1.807) is 73.3 Å². The molecule has 4 aromatic carbocycles. The maximum atomic E-state index is 14.7. The number of rotatable bonds is 35. The normalized spacial score (nSPS) is 13.9. The number of urea groups is 1. The fourth-order valence-corrected chi connectivity index (χ4v) is 11.3. The predicted octanol–water partition coefficient (Wildman–Crippen LogP) is 7.32. The van der Waals surface area contributed by atoms with Gasteiger partial charge in [-0.15, -0.1) is 11.6 Å². The van der Waals surface area contributed by atoms with Gasteiger partial charge in [0.25, 0.3) is 23.6 Å². The van der Waals surface area contributed by atoms with Crippen molar-refractivity contribution >= 4 is 110 Å². The molecule has 2 aromatic heterocycles. The molecule has 8 rings (SSSR count). The summed E-state index contributed by atoms with van der Waals surface area (Å²) in [7, 11) is 1.50. The number of halogens is 1. The number of amides is 10. The first-order chi connectivity index (χ1) is 47.1. The molecule has 10 amide bonds. The van der Waals surface area contributed by atoms with Crippen LogP contribution in [0.2, 0.25) is 0 Å². The minimum atomic E-state index is -1.04. The highest BCUT2D eigenvalue weighted by Crippen LogP contribution is 2.47. The van der Waals surface area contributed by atoms with Gasteiger partial charge in [0.2, 0.25) is 5.91 Å². The van der Waals surface area contributed by atoms with Crippen LogP contribution in [0.3, 0.4) is 0 Å². The number of aryl methyl sites for hydroxylation is 2. The lowest BCUT2D eigenvalue weighted by Gasteiger charge is -2.26. The number of nitrogens with zero attached hydrogens (tertiary/aromatic N) is 5. The van der Waals surface area contributed by atoms with E-state index in [1.807, 2.05) is 44.2 Å². The molecule has 0 spiro atoms. The fraction of sp³-hybridized carbons (Fsp3) is 0.406. The second-order valence-corrected chi connectivity index (χ2v) is 24.1. The number of ether oxygens (including phenoxy) is 6. The van der Waals surface area contributed by atoms with E-state index in [1.165, 1.54) is 23.0 Å². The van der Waals surface area contributed by atoms with Crippen LogP contribution in [0.1, 0.15) is 82.1 Å². The number of aromatic nitrogens is 2. The fourth-order valence-electron chi connectivity index (χ4n) is 11.0. The van der Waals surface area contributed by atoms with Crippen molar-refractivity contribution in [2.75, 3.05) is 121 Å². The molecule has 2 aliphatic rings. The number of alkyl halides is 1. The van der Waals surface area contributed by atoms with Crippen LogP contribution in [0.15, 0.2) is 103 Å². The molecule has 0 bridgehead atoms. The van der Waals surface area contributed by atoms with Crippen LogP contribution in [0.4, 0.5) is 36.2 Å². The number of carbonyl (C=O) groups excluding carboxylic acids is 10. The minimum absolute atomic E-state index is 0.0157. The first kappa shape index (κ1) is 73.8. The number of pyridine rings is 1. The van der Waals surface area contributed by atoms with Gasteiger partial charge in [-0.05, 0) is 91.1 Å². The highest BCUT2D eigenvalue weighted by molar-refractivity contribution is 6.20. The number of aliphatic hydroxyl groups excluding tert-OH is 1. The number of hydrogen-bond acceptors (Lipinski definition) is 18. The van der Waals surface area contributed by atoms with E-state index in [0.717, 1.165) is 39.1 Å². The molecule has 522 valence electrons. The summed E-state index contributed by atoms with van der Waals surface area (Å²) in [4.78, 5) is 144. The zero-order valence-electron chi connectivity index (χ0n) is 55.2. The van der Waals surface area contributed by atoms with Crippen molar-refractivity contribution in [2.24, 2.45) is 17.6 Å². The average Bonchev–Trinajstić information content (AvgIpc) is 1.50. The molecule has 2 aliphatic heterocycles. The largest absolute Gasteiger partial charge is 0.447 e. The molecule has 29 heteroatoms. The highest BCUT2D eigenvalue weighted by atomic mass is 35.5. The Morgan fingerprint density at radius 3 is 2.22 bits per heavy atom. The third-order valence-electron chi connectivity index (χ3n) is 16.3. The van der Waals surface area contributed by atoms with Crippen LogP contribution < -0.4 is 36.6 Å². The first-order valence-electron chi connectivity index (χ1n) is 32.0. The maximum Gasteiger partial charge on any atom is 0.415 e. The van der Waals surface area contributed by atoms with E-state index >= 15 is 0 Å². The molecule has 0 saturated heterocycles. The number of fused-ring (bicyclic) bond motifs is 4. The van der Waals surface area contributed by atoms with Crippen LogP contribution in [-0.4, -0.2) is 200 Å². The Labute approximate surface area is 570 Å². The minimum Gasteiger partial charge on any atom is -0.447 e. The molecule has 0 radical (unpaired) electrons. The van der Waals surface area contributed by atoms with Gasteiger partial charge in [0.15, 0.2) is 5.78 Å². The molecule has 98 heavy (non-hydrogen) atoms. The third-order valence-corrected chi connectivity index (χ3v) is 16.7. The summed E-state index contributed by atoms with van der Waals surface area (Å²) in [5, 5.41) is 21.8. The van der Waals surface area contributed by atoms with Crippen molar-refractivity contribution < 1.29 is 81.5 Å². The number of anilines is 3.